The van der Waals surface area contributed by atoms with E-state index in [-0.39, 0.29) is 24.4 Å². The predicted octanol–water partition coefficient (Wildman–Crippen LogP) is 1.48. The molecule has 1 amide bonds. The van der Waals surface area contributed by atoms with Crippen molar-refractivity contribution in [2.45, 2.75) is 25.4 Å². The third kappa shape index (κ3) is 3.51. The number of carbonyl (C=O) groups is 1. The molecule has 16 heavy (non-hydrogen) atoms. The quantitative estimate of drug-likeness (QED) is 0.840. The Labute approximate surface area is 102 Å². The summed E-state index contributed by atoms with van der Waals surface area (Å²) in [6.07, 6.45) is 2.06. The van der Waals surface area contributed by atoms with Gasteiger partial charge in [0, 0.05) is 6.54 Å². The number of carbonyl (C=O) groups excluding carboxylic acids is 1. The third-order valence-electron chi connectivity index (χ3n) is 2.69. The average molecular weight is 241 g/mol. The monoisotopic (exact) mass is 240 g/mol. The summed E-state index contributed by atoms with van der Waals surface area (Å²) in [6, 6.07) is 9.99. The minimum absolute atomic E-state index is 0. The summed E-state index contributed by atoms with van der Waals surface area (Å²) in [4.78, 5) is 11.6. The van der Waals surface area contributed by atoms with Crippen molar-refractivity contribution >= 4 is 18.3 Å². The van der Waals surface area contributed by atoms with Crippen LogP contribution >= 0.6 is 12.4 Å². The molecule has 88 valence electrons. The first-order valence-electron chi connectivity index (χ1n) is 5.41. The Hall–Kier alpha value is -1.06. The lowest BCUT2D eigenvalue weighted by Crippen LogP contribution is -2.39. The topological polar surface area (TPSA) is 41.1 Å². The molecule has 1 atom stereocenters. The second-order valence-electron chi connectivity index (χ2n) is 3.85. The zero-order chi connectivity index (χ0) is 10.5. The highest BCUT2D eigenvalue weighted by atomic mass is 35.5. The molecule has 0 bridgehead atoms. The lowest BCUT2D eigenvalue weighted by molar-refractivity contribution is -0.122. The molecule has 2 N–H and O–H groups in total. The first kappa shape index (κ1) is 13.0. The Kier molecular flexibility index (Phi) is 5.29. The van der Waals surface area contributed by atoms with Crippen LogP contribution in [0.2, 0.25) is 0 Å². The molecule has 1 saturated heterocycles. The molecule has 1 aliphatic heterocycles. The summed E-state index contributed by atoms with van der Waals surface area (Å²) in [5.41, 5.74) is 1.14. The van der Waals surface area contributed by atoms with E-state index in [0.717, 1.165) is 24.9 Å². The maximum absolute atomic E-state index is 11.6. The normalized spacial score (nSPS) is 18.9. The number of hydrogen-bond acceptors (Lipinski definition) is 2. The molecule has 0 spiro atoms. The van der Waals surface area contributed by atoms with Crippen LogP contribution in [0.5, 0.6) is 0 Å². The molecular formula is C12H17ClN2O. The van der Waals surface area contributed by atoms with Crippen LogP contribution in [-0.4, -0.2) is 18.5 Å². The fourth-order valence-electron chi connectivity index (χ4n) is 1.82. The minimum Gasteiger partial charge on any atom is -0.351 e. The average Bonchev–Trinajstić information content (AvgIpc) is 2.81. The van der Waals surface area contributed by atoms with Crippen LogP contribution in [-0.2, 0) is 11.3 Å². The maximum Gasteiger partial charge on any atom is 0.237 e. The fourth-order valence-corrected chi connectivity index (χ4v) is 1.82. The van der Waals surface area contributed by atoms with Crippen molar-refractivity contribution in [2.24, 2.45) is 0 Å². The second-order valence-corrected chi connectivity index (χ2v) is 3.85. The number of nitrogens with one attached hydrogen (secondary N) is 2. The molecule has 1 aromatic rings. The van der Waals surface area contributed by atoms with Crippen molar-refractivity contribution in [2.75, 3.05) is 6.54 Å². The van der Waals surface area contributed by atoms with E-state index in [0.29, 0.717) is 6.54 Å². The number of rotatable bonds is 3. The third-order valence-corrected chi connectivity index (χ3v) is 2.69. The molecular weight excluding hydrogens is 224 g/mol. The molecule has 1 aromatic carbocycles. The van der Waals surface area contributed by atoms with Gasteiger partial charge in [-0.15, -0.1) is 12.4 Å². The SMILES string of the molecule is Cl.O=C(NCc1ccccc1)C1CCCN1. The van der Waals surface area contributed by atoms with Crippen molar-refractivity contribution in [1.82, 2.24) is 10.6 Å². The van der Waals surface area contributed by atoms with E-state index >= 15 is 0 Å². The van der Waals surface area contributed by atoms with Crippen LogP contribution in [0, 0.1) is 0 Å². The van der Waals surface area contributed by atoms with Gasteiger partial charge in [-0.25, -0.2) is 0 Å². The molecule has 2 rings (SSSR count). The van der Waals surface area contributed by atoms with Crippen LogP contribution in [0.4, 0.5) is 0 Å². The highest BCUT2D eigenvalue weighted by Crippen LogP contribution is 2.05. The van der Waals surface area contributed by atoms with Crippen LogP contribution in [0.3, 0.4) is 0 Å². The van der Waals surface area contributed by atoms with Gasteiger partial charge in [-0.05, 0) is 24.9 Å². The van der Waals surface area contributed by atoms with E-state index in [4.69, 9.17) is 0 Å². The van der Waals surface area contributed by atoms with E-state index in [9.17, 15) is 4.79 Å². The summed E-state index contributed by atoms with van der Waals surface area (Å²) in [6.45, 7) is 1.58. The lowest BCUT2D eigenvalue weighted by Gasteiger charge is -2.10. The van der Waals surface area contributed by atoms with Gasteiger partial charge in [0.25, 0.3) is 0 Å². The van der Waals surface area contributed by atoms with E-state index in [2.05, 4.69) is 10.6 Å². The maximum atomic E-state index is 11.6. The molecule has 0 aliphatic carbocycles. The summed E-state index contributed by atoms with van der Waals surface area (Å²) in [5.74, 6) is 0.122. The zero-order valence-corrected chi connectivity index (χ0v) is 9.93. The summed E-state index contributed by atoms with van der Waals surface area (Å²) in [7, 11) is 0. The van der Waals surface area contributed by atoms with Gasteiger partial charge in [0.05, 0.1) is 6.04 Å². The number of hydrogen-bond donors (Lipinski definition) is 2. The minimum atomic E-state index is 0. The molecule has 4 heteroatoms. The molecule has 0 saturated carbocycles. The van der Waals surface area contributed by atoms with Gasteiger partial charge < -0.3 is 10.6 Å². The summed E-state index contributed by atoms with van der Waals surface area (Å²) < 4.78 is 0. The Morgan fingerprint density at radius 2 is 2.12 bits per heavy atom. The predicted molar refractivity (Wildman–Crippen MR) is 66.6 cm³/mol. The Bertz CT molecular complexity index is 323. The number of halogens is 1. The Morgan fingerprint density at radius 3 is 2.75 bits per heavy atom. The van der Waals surface area contributed by atoms with Crippen molar-refractivity contribution in [3.05, 3.63) is 35.9 Å². The lowest BCUT2D eigenvalue weighted by atomic mass is 10.2. The Balaban J connectivity index is 0.00000128. The molecule has 3 nitrogen and oxygen atoms in total. The second kappa shape index (κ2) is 6.51. The standard InChI is InChI=1S/C12H16N2O.ClH/c15-12(11-7-4-8-13-11)14-9-10-5-2-1-3-6-10;/h1-3,5-6,11,13H,4,7-9H2,(H,14,15);1H. The van der Waals surface area contributed by atoms with Crippen LogP contribution in [0.25, 0.3) is 0 Å². The van der Waals surface area contributed by atoms with Gasteiger partial charge >= 0.3 is 0 Å². The van der Waals surface area contributed by atoms with E-state index in [1.165, 1.54) is 0 Å². The van der Waals surface area contributed by atoms with Crippen LogP contribution in [0.15, 0.2) is 30.3 Å². The first-order valence-corrected chi connectivity index (χ1v) is 5.41. The highest BCUT2D eigenvalue weighted by molar-refractivity contribution is 5.85. The first-order chi connectivity index (χ1) is 7.36. The molecule has 0 aromatic heterocycles. The fraction of sp³-hybridized carbons (Fsp3) is 0.417. The molecule has 1 heterocycles. The van der Waals surface area contributed by atoms with E-state index < -0.39 is 0 Å². The van der Waals surface area contributed by atoms with E-state index in [1.54, 1.807) is 0 Å². The van der Waals surface area contributed by atoms with Gasteiger partial charge in [0.2, 0.25) is 5.91 Å². The number of benzene rings is 1. The van der Waals surface area contributed by atoms with Gasteiger partial charge in [-0.3, -0.25) is 4.79 Å². The molecule has 1 fully saturated rings. The highest BCUT2D eigenvalue weighted by Gasteiger charge is 2.21. The zero-order valence-electron chi connectivity index (χ0n) is 9.11. The largest absolute Gasteiger partial charge is 0.351 e. The van der Waals surface area contributed by atoms with Gasteiger partial charge in [0.1, 0.15) is 0 Å². The van der Waals surface area contributed by atoms with Crippen LogP contribution < -0.4 is 10.6 Å². The molecule has 0 radical (unpaired) electrons. The van der Waals surface area contributed by atoms with Crippen LogP contribution in [0.1, 0.15) is 18.4 Å². The molecule has 1 unspecified atom stereocenters. The van der Waals surface area contributed by atoms with Crippen molar-refractivity contribution in [3.8, 4) is 0 Å². The van der Waals surface area contributed by atoms with Crippen molar-refractivity contribution in [1.29, 1.82) is 0 Å². The Morgan fingerprint density at radius 1 is 1.38 bits per heavy atom. The van der Waals surface area contributed by atoms with Gasteiger partial charge in [-0.2, -0.15) is 0 Å². The molecule has 1 aliphatic rings. The number of amides is 1. The van der Waals surface area contributed by atoms with Crippen molar-refractivity contribution < 1.29 is 4.79 Å². The van der Waals surface area contributed by atoms with E-state index in [1.807, 2.05) is 30.3 Å². The summed E-state index contributed by atoms with van der Waals surface area (Å²) in [5, 5.41) is 6.12. The summed E-state index contributed by atoms with van der Waals surface area (Å²) >= 11 is 0. The van der Waals surface area contributed by atoms with Gasteiger partial charge in [0.15, 0.2) is 0 Å². The smallest absolute Gasteiger partial charge is 0.237 e. The van der Waals surface area contributed by atoms with Gasteiger partial charge in [-0.1, -0.05) is 30.3 Å². The van der Waals surface area contributed by atoms with Crippen molar-refractivity contribution in [3.63, 3.8) is 0 Å².